The SMILES string of the molecule is CC(C)(C)C.CC(C)=O.CCc1ccccc1C. The van der Waals surface area contributed by atoms with Gasteiger partial charge in [0.1, 0.15) is 5.78 Å². The quantitative estimate of drug-likeness (QED) is 0.669. The van der Waals surface area contributed by atoms with E-state index in [1.807, 2.05) is 0 Å². The predicted molar refractivity (Wildman–Crippen MR) is 82.0 cm³/mol. The minimum Gasteiger partial charge on any atom is -0.300 e. The van der Waals surface area contributed by atoms with Crippen molar-refractivity contribution in [2.45, 2.75) is 61.8 Å². The smallest absolute Gasteiger partial charge is 0.126 e. The molecule has 0 heterocycles. The van der Waals surface area contributed by atoms with Crippen molar-refractivity contribution in [1.82, 2.24) is 0 Å². The van der Waals surface area contributed by atoms with E-state index < -0.39 is 0 Å². The summed E-state index contributed by atoms with van der Waals surface area (Å²) in [6.07, 6.45) is 1.15. The molecule has 1 nitrogen and oxygen atoms in total. The summed E-state index contributed by atoms with van der Waals surface area (Å²) < 4.78 is 0. The molecule has 1 aromatic rings. The molecular formula is C17H30O. The number of Topliss-reactive ketones (excluding diaryl/α,β-unsaturated/α-hetero) is 1. The molecule has 0 aliphatic carbocycles. The fourth-order valence-corrected chi connectivity index (χ4v) is 1.01. The largest absolute Gasteiger partial charge is 0.300 e. The summed E-state index contributed by atoms with van der Waals surface area (Å²) in [4.78, 5) is 9.44. The second-order valence-corrected chi connectivity index (χ2v) is 6.19. The van der Waals surface area contributed by atoms with Gasteiger partial charge in [0.15, 0.2) is 0 Å². The number of rotatable bonds is 1. The second-order valence-electron chi connectivity index (χ2n) is 6.19. The van der Waals surface area contributed by atoms with Gasteiger partial charge in [0, 0.05) is 0 Å². The van der Waals surface area contributed by atoms with E-state index in [1.165, 1.54) is 25.0 Å². The first kappa shape index (κ1) is 19.2. The molecule has 0 saturated carbocycles. The summed E-state index contributed by atoms with van der Waals surface area (Å²) in [7, 11) is 0. The zero-order valence-corrected chi connectivity index (χ0v) is 13.4. The highest BCUT2D eigenvalue weighted by molar-refractivity contribution is 5.72. The molecule has 18 heavy (non-hydrogen) atoms. The number of hydrogen-bond acceptors (Lipinski definition) is 1. The minimum atomic E-state index is 0.167. The topological polar surface area (TPSA) is 17.1 Å². The van der Waals surface area contributed by atoms with Crippen molar-refractivity contribution in [1.29, 1.82) is 0 Å². The van der Waals surface area contributed by atoms with E-state index in [0.29, 0.717) is 5.41 Å². The molecule has 0 saturated heterocycles. The van der Waals surface area contributed by atoms with Crippen LogP contribution in [0.5, 0.6) is 0 Å². The van der Waals surface area contributed by atoms with Crippen LogP contribution in [0.25, 0.3) is 0 Å². The van der Waals surface area contributed by atoms with Crippen molar-refractivity contribution >= 4 is 5.78 Å². The molecule has 104 valence electrons. The lowest BCUT2D eigenvalue weighted by Crippen LogP contribution is -1.93. The Hall–Kier alpha value is -1.11. The van der Waals surface area contributed by atoms with E-state index in [-0.39, 0.29) is 5.78 Å². The number of aryl methyl sites for hydroxylation is 2. The maximum atomic E-state index is 9.44. The maximum Gasteiger partial charge on any atom is 0.126 e. The van der Waals surface area contributed by atoms with E-state index in [2.05, 4.69) is 65.8 Å². The molecule has 0 aliphatic rings. The van der Waals surface area contributed by atoms with Gasteiger partial charge in [-0.05, 0) is 43.7 Å². The van der Waals surface area contributed by atoms with Gasteiger partial charge in [-0.15, -0.1) is 0 Å². The summed E-state index contributed by atoms with van der Waals surface area (Å²) in [5.74, 6) is 0.167. The molecule has 0 unspecified atom stereocenters. The zero-order chi connectivity index (χ0) is 14.8. The molecule has 0 bridgehead atoms. The molecule has 0 N–H and O–H groups in total. The molecule has 0 spiro atoms. The Kier molecular flexibility index (Phi) is 10.6. The summed E-state index contributed by atoms with van der Waals surface area (Å²) in [5.41, 5.74) is 3.36. The minimum absolute atomic E-state index is 0.167. The highest BCUT2D eigenvalue weighted by atomic mass is 16.1. The van der Waals surface area contributed by atoms with Gasteiger partial charge in [-0.1, -0.05) is 58.9 Å². The van der Waals surface area contributed by atoms with Crippen molar-refractivity contribution in [3.8, 4) is 0 Å². The third-order valence-corrected chi connectivity index (χ3v) is 1.64. The summed E-state index contributed by atoms with van der Waals surface area (Å²) in [6.45, 7) is 16.1. The normalized spacial score (nSPS) is 9.56. The van der Waals surface area contributed by atoms with Crippen LogP contribution in [0.2, 0.25) is 0 Å². The molecule has 1 rings (SSSR count). The number of ketones is 1. The van der Waals surface area contributed by atoms with Crippen molar-refractivity contribution in [2.24, 2.45) is 5.41 Å². The maximum absolute atomic E-state index is 9.44. The molecule has 0 amide bonds. The van der Waals surface area contributed by atoms with Crippen LogP contribution >= 0.6 is 0 Å². The summed E-state index contributed by atoms with van der Waals surface area (Å²) >= 11 is 0. The lowest BCUT2D eigenvalue weighted by Gasteiger charge is -2.05. The van der Waals surface area contributed by atoms with Crippen LogP contribution in [0.15, 0.2) is 24.3 Å². The van der Waals surface area contributed by atoms with Gasteiger partial charge in [-0.3, -0.25) is 0 Å². The van der Waals surface area contributed by atoms with Gasteiger partial charge in [0.25, 0.3) is 0 Å². The predicted octanol–water partition coefficient (Wildman–Crippen LogP) is 5.21. The fraction of sp³-hybridized carbons (Fsp3) is 0.588. The summed E-state index contributed by atoms with van der Waals surface area (Å²) in [6, 6.07) is 8.49. The van der Waals surface area contributed by atoms with Crippen molar-refractivity contribution < 1.29 is 4.79 Å². The number of hydrogen-bond donors (Lipinski definition) is 0. The molecule has 1 heteroatoms. The Labute approximate surface area is 114 Å². The van der Waals surface area contributed by atoms with E-state index in [9.17, 15) is 4.79 Å². The lowest BCUT2D eigenvalue weighted by molar-refractivity contribution is -0.114. The van der Waals surface area contributed by atoms with Crippen LogP contribution in [0.3, 0.4) is 0 Å². The Morgan fingerprint density at radius 2 is 1.39 bits per heavy atom. The fourth-order valence-electron chi connectivity index (χ4n) is 1.01. The van der Waals surface area contributed by atoms with Gasteiger partial charge < -0.3 is 4.79 Å². The van der Waals surface area contributed by atoms with Crippen molar-refractivity contribution in [2.75, 3.05) is 0 Å². The second kappa shape index (κ2) is 9.87. The third-order valence-electron chi connectivity index (χ3n) is 1.64. The van der Waals surface area contributed by atoms with E-state index in [1.54, 1.807) is 0 Å². The van der Waals surface area contributed by atoms with E-state index in [4.69, 9.17) is 0 Å². The molecule has 0 fully saturated rings. The first-order valence-corrected chi connectivity index (χ1v) is 6.59. The van der Waals surface area contributed by atoms with E-state index >= 15 is 0 Å². The van der Waals surface area contributed by atoms with Crippen LogP contribution in [0.1, 0.15) is 59.6 Å². The number of benzene rings is 1. The molecule has 0 atom stereocenters. The van der Waals surface area contributed by atoms with Gasteiger partial charge in [-0.2, -0.15) is 0 Å². The van der Waals surface area contributed by atoms with Crippen LogP contribution in [0, 0.1) is 12.3 Å². The van der Waals surface area contributed by atoms with E-state index in [0.717, 1.165) is 6.42 Å². The van der Waals surface area contributed by atoms with Crippen LogP contribution in [0.4, 0.5) is 0 Å². The highest BCUT2D eigenvalue weighted by Crippen LogP contribution is 2.08. The first-order valence-electron chi connectivity index (χ1n) is 6.59. The Morgan fingerprint density at radius 3 is 1.61 bits per heavy atom. The van der Waals surface area contributed by atoms with Gasteiger partial charge >= 0.3 is 0 Å². The van der Waals surface area contributed by atoms with Gasteiger partial charge in [0.05, 0.1) is 0 Å². The van der Waals surface area contributed by atoms with Crippen LogP contribution in [-0.4, -0.2) is 5.78 Å². The van der Waals surface area contributed by atoms with Crippen LogP contribution in [-0.2, 0) is 11.2 Å². The number of carbonyl (C=O) groups excluding carboxylic acids is 1. The lowest BCUT2D eigenvalue weighted by atomic mass is 10.0. The molecule has 0 radical (unpaired) electrons. The molecule has 0 aromatic heterocycles. The molecule has 1 aromatic carbocycles. The summed E-state index contributed by atoms with van der Waals surface area (Å²) in [5, 5.41) is 0. The highest BCUT2D eigenvalue weighted by Gasteiger charge is 1.95. The van der Waals surface area contributed by atoms with Crippen molar-refractivity contribution in [3.63, 3.8) is 0 Å². The Morgan fingerprint density at radius 1 is 1.06 bits per heavy atom. The van der Waals surface area contributed by atoms with Crippen molar-refractivity contribution in [3.05, 3.63) is 35.4 Å². The first-order chi connectivity index (χ1) is 8.07. The monoisotopic (exact) mass is 250 g/mol. The van der Waals surface area contributed by atoms with Gasteiger partial charge in [-0.25, -0.2) is 0 Å². The van der Waals surface area contributed by atoms with Crippen LogP contribution < -0.4 is 0 Å². The van der Waals surface area contributed by atoms with Gasteiger partial charge in [0.2, 0.25) is 0 Å². The Bertz CT molecular complexity index is 322. The molecule has 0 aliphatic heterocycles. The average Bonchev–Trinajstić information content (AvgIpc) is 2.15. The third kappa shape index (κ3) is 20.3. The standard InChI is InChI=1S/C9H12.C5H12.C3H6O/c1-3-9-7-5-4-6-8(9)2;1-5(2,3)4;1-3(2)4/h4-7H,3H2,1-2H3;1-4H3;1-2H3. The molecular weight excluding hydrogens is 220 g/mol. The Balaban J connectivity index is 0. The number of carbonyl (C=O) groups is 1. The zero-order valence-electron chi connectivity index (χ0n) is 13.4. The average molecular weight is 250 g/mol.